The Morgan fingerprint density at radius 1 is 0.866 bits per heavy atom. The number of sulfone groups is 1. The van der Waals surface area contributed by atoms with Gasteiger partial charge in [-0.05, 0) is 147 Å². The minimum absolute atomic E-state index is 0.141. The minimum atomic E-state index is -5.67. The number of piperidine rings is 1. The number of piperazine rings is 1. The summed E-state index contributed by atoms with van der Waals surface area (Å²) in [4.78, 5) is 20.6. The molecule has 67 heavy (non-hydrogen) atoms. The second-order valence-electron chi connectivity index (χ2n) is 18.5. The fourth-order valence-electron chi connectivity index (χ4n) is 8.80. The van der Waals surface area contributed by atoms with Crippen LogP contribution in [0.2, 0.25) is 5.02 Å². The lowest BCUT2D eigenvalue weighted by atomic mass is 9.73. The number of halogens is 4. The molecule has 0 radical (unpaired) electrons. The first-order valence-corrected chi connectivity index (χ1v) is 26.9. The van der Waals surface area contributed by atoms with Gasteiger partial charge >= 0.3 is 5.51 Å². The normalized spacial score (nSPS) is 17.6. The fourth-order valence-corrected chi connectivity index (χ4v) is 11.4. The van der Waals surface area contributed by atoms with Crippen LogP contribution in [-0.2, 0) is 9.84 Å². The highest BCUT2D eigenvalue weighted by Gasteiger charge is 2.48. The first-order chi connectivity index (χ1) is 31.9. The highest BCUT2D eigenvalue weighted by molar-refractivity contribution is 7.99. The van der Waals surface area contributed by atoms with Crippen LogP contribution < -0.4 is 20.3 Å². The number of amides is 1. The van der Waals surface area contributed by atoms with Gasteiger partial charge in [0.05, 0.1) is 5.69 Å². The molecular formula is C51H66ClF3N6O3S3. The van der Waals surface area contributed by atoms with Gasteiger partial charge < -0.3 is 20.4 Å². The zero-order valence-corrected chi connectivity index (χ0v) is 42.5. The van der Waals surface area contributed by atoms with Crippen molar-refractivity contribution in [2.45, 2.75) is 99.0 Å². The van der Waals surface area contributed by atoms with Crippen LogP contribution in [0.4, 0.5) is 24.5 Å². The van der Waals surface area contributed by atoms with Crippen molar-refractivity contribution in [3.05, 3.63) is 119 Å². The van der Waals surface area contributed by atoms with Crippen molar-refractivity contribution in [3.63, 3.8) is 0 Å². The molecule has 2 saturated heterocycles. The number of allylic oxidation sites excluding steroid dienone is 1. The number of anilines is 2. The Bertz CT molecular complexity index is 2350. The van der Waals surface area contributed by atoms with Gasteiger partial charge in [-0.15, -0.1) is 11.8 Å². The molecule has 2 heterocycles. The number of carbonyl (C=O) groups is 1. The highest BCUT2D eigenvalue weighted by atomic mass is 35.5. The second kappa shape index (κ2) is 24.2. The molecule has 1 aliphatic carbocycles. The Morgan fingerprint density at radius 3 is 2.16 bits per heavy atom. The van der Waals surface area contributed by atoms with Crippen molar-refractivity contribution in [1.29, 1.82) is 0 Å². The number of nitrogens with one attached hydrogen (secondary N) is 3. The summed E-state index contributed by atoms with van der Waals surface area (Å²) in [5.74, 6) is 0.0441. The van der Waals surface area contributed by atoms with E-state index in [4.69, 9.17) is 11.6 Å². The van der Waals surface area contributed by atoms with Crippen LogP contribution in [0.15, 0.2) is 117 Å². The lowest BCUT2D eigenvalue weighted by molar-refractivity contribution is -0.0435. The van der Waals surface area contributed by atoms with Gasteiger partial charge in [-0.1, -0.05) is 82.1 Å². The van der Waals surface area contributed by atoms with E-state index in [0.717, 1.165) is 91.6 Å². The van der Waals surface area contributed by atoms with E-state index in [0.29, 0.717) is 17.4 Å². The van der Waals surface area contributed by atoms with Crippen molar-refractivity contribution >= 4 is 68.0 Å². The molecule has 7 rings (SSSR count). The Kier molecular flexibility index (Phi) is 19.0. The maximum atomic E-state index is 13.7. The SMILES string of the molecule is CC1(C)CCC(c2ccc(Cl)cc2)=C(CN2CCN(c3ccc(C(=O)NSc4ccc(NCCSc5ccccc5)c(S(=O)(=O)C(F)(F)F)c4)cc3)CC2)C1.CCN1CCC(NC(C)C)CC1. The summed E-state index contributed by atoms with van der Waals surface area (Å²) < 4.78 is 68.7. The Hall–Kier alpha value is -3.70. The number of alkyl halides is 3. The molecule has 0 spiro atoms. The lowest BCUT2D eigenvalue weighted by Crippen LogP contribution is -2.47. The maximum absolute atomic E-state index is 13.7. The molecule has 2 fully saturated rings. The molecule has 0 atom stereocenters. The number of hydrogen-bond donors (Lipinski definition) is 3. The number of rotatable bonds is 16. The predicted molar refractivity (Wildman–Crippen MR) is 273 cm³/mol. The van der Waals surface area contributed by atoms with Crippen LogP contribution in [0.1, 0.15) is 82.6 Å². The van der Waals surface area contributed by atoms with E-state index in [1.54, 1.807) is 12.1 Å². The van der Waals surface area contributed by atoms with Gasteiger partial charge in [0.2, 0.25) is 0 Å². The summed E-state index contributed by atoms with van der Waals surface area (Å²) in [6.45, 7) is 19.8. The summed E-state index contributed by atoms with van der Waals surface area (Å²) in [6, 6.07) is 30.0. The maximum Gasteiger partial charge on any atom is 0.501 e. The number of carbonyl (C=O) groups excluding carboxylic acids is 1. The standard InChI is InChI=1S/C41H44ClF3N4O3S3.C10H22N2/c1-40(2)19-18-36(29-8-12-32(42)13-9-29)31(27-40)28-48-21-23-49(24-22-48)33-14-10-30(11-15-33)39(50)47-54-35-16-17-37(38(26-35)55(51,52)41(43,44)45)46-20-25-53-34-6-4-3-5-7-34;1-4-12-7-5-10(6-8-12)11-9(2)3/h3-17,26,46H,18-25,27-28H2,1-2H3,(H,47,50);9-11H,4-8H2,1-3H3. The smallest absolute Gasteiger partial charge is 0.383 e. The zero-order valence-electron chi connectivity index (χ0n) is 39.3. The third kappa shape index (κ3) is 15.4. The summed E-state index contributed by atoms with van der Waals surface area (Å²) in [6.07, 6.45) is 5.93. The van der Waals surface area contributed by atoms with Crippen molar-refractivity contribution in [2.24, 2.45) is 5.41 Å². The van der Waals surface area contributed by atoms with Crippen molar-refractivity contribution in [2.75, 3.05) is 74.9 Å². The van der Waals surface area contributed by atoms with E-state index in [2.05, 4.69) is 76.8 Å². The highest BCUT2D eigenvalue weighted by Crippen LogP contribution is 2.43. The summed E-state index contributed by atoms with van der Waals surface area (Å²) in [5.41, 5.74) is 0.177. The van der Waals surface area contributed by atoms with Crippen LogP contribution in [0.5, 0.6) is 0 Å². The lowest BCUT2D eigenvalue weighted by Gasteiger charge is -2.39. The number of benzene rings is 4. The van der Waals surface area contributed by atoms with E-state index in [1.807, 2.05) is 54.6 Å². The molecule has 4 aromatic rings. The van der Waals surface area contributed by atoms with Crippen LogP contribution in [0, 0.1) is 5.41 Å². The zero-order chi connectivity index (χ0) is 48.2. The summed E-state index contributed by atoms with van der Waals surface area (Å²) in [5, 5.41) is 7.18. The molecule has 3 N–H and O–H groups in total. The molecule has 1 amide bonds. The first-order valence-electron chi connectivity index (χ1n) is 23.3. The van der Waals surface area contributed by atoms with E-state index in [-0.39, 0.29) is 22.5 Å². The topological polar surface area (TPSA) is 97.0 Å². The fraction of sp³-hybridized carbons (Fsp3) is 0.471. The molecule has 0 aromatic heterocycles. The van der Waals surface area contributed by atoms with Crippen LogP contribution in [0.3, 0.4) is 0 Å². The molecule has 4 aromatic carbocycles. The first kappa shape index (κ1) is 52.7. The van der Waals surface area contributed by atoms with Gasteiger partial charge in [0, 0.05) is 83.2 Å². The quantitative estimate of drug-likeness (QED) is 0.0572. The van der Waals surface area contributed by atoms with Crippen molar-refractivity contribution < 1.29 is 26.4 Å². The summed E-state index contributed by atoms with van der Waals surface area (Å²) in [7, 11) is -5.67. The van der Waals surface area contributed by atoms with E-state index < -0.39 is 26.1 Å². The van der Waals surface area contributed by atoms with E-state index in [1.165, 1.54) is 73.1 Å². The third-order valence-electron chi connectivity index (χ3n) is 12.5. The molecule has 9 nitrogen and oxygen atoms in total. The van der Waals surface area contributed by atoms with Crippen LogP contribution in [0.25, 0.3) is 5.57 Å². The molecule has 364 valence electrons. The average Bonchev–Trinajstić information content (AvgIpc) is 3.30. The predicted octanol–water partition coefficient (Wildman–Crippen LogP) is 11.5. The number of nitrogens with zero attached hydrogens (tertiary/aromatic N) is 3. The number of thioether (sulfide) groups is 1. The van der Waals surface area contributed by atoms with Gasteiger partial charge in [-0.25, -0.2) is 8.42 Å². The molecule has 0 bridgehead atoms. The van der Waals surface area contributed by atoms with Crippen molar-refractivity contribution in [3.8, 4) is 0 Å². The van der Waals surface area contributed by atoms with Gasteiger partial charge in [0.15, 0.2) is 0 Å². The summed E-state index contributed by atoms with van der Waals surface area (Å²) >= 11 is 8.42. The largest absolute Gasteiger partial charge is 0.501 e. The number of likely N-dealkylation sites (tertiary alicyclic amines) is 1. The monoisotopic (exact) mass is 998 g/mol. The molecule has 3 aliphatic rings. The molecule has 0 unspecified atom stereocenters. The van der Waals surface area contributed by atoms with Gasteiger partial charge in [0.1, 0.15) is 4.90 Å². The molecule has 0 saturated carbocycles. The third-order valence-corrected chi connectivity index (χ3v) is 16.1. The van der Waals surface area contributed by atoms with Crippen LogP contribution >= 0.6 is 35.3 Å². The molecule has 2 aliphatic heterocycles. The Morgan fingerprint density at radius 2 is 1.54 bits per heavy atom. The molecular weight excluding hydrogens is 933 g/mol. The van der Waals surface area contributed by atoms with Gasteiger partial charge in [-0.3, -0.25) is 14.4 Å². The minimum Gasteiger partial charge on any atom is -0.383 e. The second-order valence-corrected chi connectivity index (χ2v) is 22.9. The average molecular weight is 1000 g/mol. The Labute approximate surface area is 410 Å². The van der Waals surface area contributed by atoms with Gasteiger partial charge in [0.25, 0.3) is 15.7 Å². The Balaban J connectivity index is 0.000000537. The van der Waals surface area contributed by atoms with Crippen LogP contribution in [-0.4, -0.2) is 106 Å². The molecule has 16 heteroatoms. The number of hydrogen-bond acceptors (Lipinski definition) is 10. The van der Waals surface area contributed by atoms with E-state index >= 15 is 0 Å². The van der Waals surface area contributed by atoms with Gasteiger partial charge in [-0.2, -0.15) is 13.2 Å². The van der Waals surface area contributed by atoms with E-state index in [9.17, 15) is 26.4 Å². The van der Waals surface area contributed by atoms with Crippen molar-refractivity contribution in [1.82, 2.24) is 19.8 Å².